The molecular formula is C25H30N4O5. The van der Waals surface area contributed by atoms with Gasteiger partial charge in [-0.1, -0.05) is 48.5 Å². The highest BCUT2D eigenvalue weighted by Gasteiger charge is 2.24. The van der Waals surface area contributed by atoms with Crippen LogP contribution in [0, 0.1) is 13.8 Å². The van der Waals surface area contributed by atoms with Crippen LogP contribution in [0.15, 0.2) is 58.1 Å². The van der Waals surface area contributed by atoms with Crippen LogP contribution in [0.2, 0.25) is 0 Å². The van der Waals surface area contributed by atoms with E-state index >= 15 is 0 Å². The number of para-hydroxylation sites is 1. The summed E-state index contributed by atoms with van der Waals surface area (Å²) in [4.78, 5) is 41.9. The number of nitrogens with one attached hydrogen (secondary N) is 1. The smallest absolute Gasteiger partial charge is 0.330 e. The van der Waals surface area contributed by atoms with Crippen molar-refractivity contribution in [3.63, 3.8) is 0 Å². The monoisotopic (exact) mass is 466 g/mol. The van der Waals surface area contributed by atoms with Crippen LogP contribution >= 0.6 is 0 Å². The number of benzene rings is 2. The van der Waals surface area contributed by atoms with Crippen LogP contribution in [0.4, 0.5) is 11.5 Å². The molecule has 3 rings (SSSR count). The van der Waals surface area contributed by atoms with E-state index in [4.69, 9.17) is 15.2 Å². The molecule has 0 spiro atoms. The molecule has 1 amide bonds. The van der Waals surface area contributed by atoms with E-state index in [1.165, 1.54) is 16.6 Å². The SMILES string of the molecule is COCCN(C(=O)CCOc1c(C)cccc1C)c1c(N)n(Cc2ccccc2)c(=O)[nH]c1=O. The number of H-pyrrole nitrogens is 1. The topological polar surface area (TPSA) is 120 Å². The van der Waals surface area contributed by atoms with Gasteiger partial charge in [0, 0.05) is 13.7 Å². The zero-order valence-corrected chi connectivity index (χ0v) is 19.7. The van der Waals surface area contributed by atoms with Gasteiger partial charge in [0.05, 0.1) is 26.2 Å². The first-order valence-corrected chi connectivity index (χ1v) is 11.0. The first-order chi connectivity index (χ1) is 16.3. The number of aromatic nitrogens is 2. The molecule has 0 saturated heterocycles. The first kappa shape index (κ1) is 24.8. The van der Waals surface area contributed by atoms with E-state index in [1.807, 2.05) is 62.4 Å². The van der Waals surface area contributed by atoms with Gasteiger partial charge in [-0.3, -0.25) is 19.1 Å². The van der Waals surface area contributed by atoms with Gasteiger partial charge in [-0.05, 0) is 30.5 Å². The molecule has 0 aliphatic heterocycles. The second kappa shape index (κ2) is 11.3. The molecule has 0 fully saturated rings. The second-order valence-corrected chi connectivity index (χ2v) is 7.92. The van der Waals surface area contributed by atoms with Crippen LogP contribution in [0.1, 0.15) is 23.1 Å². The van der Waals surface area contributed by atoms with E-state index < -0.39 is 11.2 Å². The molecule has 34 heavy (non-hydrogen) atoms. The number of ether oxygens (including phenoxy) is 2. The Labute approximate surface area is 197 Å². The van der Waals surface area contributed by atoms with E-state index in [0.717, 1.165) is 22.4 Å². The van der Waals surface area contributed by atoms with Crippen molar-refractivity contribution < 1.29 is 14.3 Å². The molecule has 3 N–H and O–H groups in total. The van der Waals surface area contributed by atoms with E-state index in [1.54, 1.807) is 0 Å². The first-order valence-electron chi connectivity index (χ1n) is 11.0. The summed E-state index contributed by atoms with van der Waals surface area (Å²) in [6, 6.07) is 15.0. The van der Waals surface area contributed by atoms with Gasteiger partial charge in [0.2, 0.25) is 5.91 Å². The van der Waals surface area contributed by atoms with Crippen molar-refractivity contribution in [3.8, 4) is 5.75 Å². The molecule has 0 unspecified atom stereocenters. The highest BCUT2D eigenvalue weighted by atomic mass is 16.5. The number of methoxy groups -OCH3 is 1. The number of nitrogens with zero attached hydrogens (tertiary/aromatic N) is 2. The number of rotatable bonds is 10. The molecule has 3 aromatic rings. The van der Waals surface area contributed by atoms with Gasteiger partial charge < -0.3 is 20.1 Å². The lowest BCUT2D eigenvalue weighted by atomic mass is 10.1. The van der Waals surface area contributed by atoms with Crippen molar-refractivity contribution in [2.75, 3.05) is 37.5 Å². The number of nitrogens with two attached hydrogens (primary N) is 1. The fourth-order valence-electron chi connectivity index (χ4n) is 3.71. The molecule has 9 heteroatoms. The summed E-state index contributed by atoms with van der Waals surface area (Å²) in [5.74, 6) is 0.274. The minimum absolute atomic E-state index is 0.00812. The highest BCUT2D eigenvalue weighted by molar-refractivity contribution is 5.95. The number of aryl methyl sites for hydroxylation is 2. The Morgan fingerprint density at radius 1 is 1.03 bits per heavy atom. The Bertz CT molecular complexity index is 1230. The minimum Gasteiger partial charge on any atom is -0.493 e. The molecule has 0 bridgehead atoms. The summed E-state index contributed by atoms with van der Waals surface area (Å²) in [6.07, 6.45) is 0.00812. The molecule has 2 aromatic carbocycles. The molecule has 1 aromatic heterocycles. The Hall–Kier alpha value is -3.85. The average Bonchev–Trinajstić information content (AvgIpc) is 2.81. The van der Waals surface area contributed by atoms with E-state index in [-0.39, 0.29) is 50.1 Å². The number of hydrogen-bond acceptors (Lipinski definition) is 6. The van der Waals surface area contributed by atoms with Crippen molar-refractivity contribution in [1.82, 2.24) is 9.55 Å². The maximum atomic E-state index is 13.2. The molecule has 1 heterocycles. The molecular weight excluding hydrogens is 436 g/mol. The van der Waals surface area contributed by atoms with Gasteiger partial charge in [-0.25, -0.2) is 4.79 Å². The Kier molecular flexibility index (Phi) is 8.26. The van der Waals surface area contributed by atoms with Crippen LogP contribution in [0.25, 0.3) is 0 Å². The predicted molar refractivity (Wildman–Crippen MR) is 132 cm³/mol. The fraction of sp³-hybridized carbons (Fsp3) is 0.320. The zero-order chi connectivity index (χ0) is 24.7. The lowest BCUT2D eigenvalue weighted by Gasteiger charge is -2.24. The van der Waals surface area contributed by atoms with Gasteiger partial charge in [0.15, 0.2) is 5.69 Å². The second-order valence-electron chi connectivity index (χ2n) is 7.92. The van der Waals surface area contributed by atoms with Crippen molar-refractivity contribution in [1.29, 1.82) is 0 Å². The largest absolute Gasteiger partial charge is 0.493 e. The molecule has 180 valence electrons. The molecule has 0 atom stereocenters. The Balaban J connectivity index is 1.87. The average molecular weight is 467 g/mol. The number of hydrogen-bond donors (Lipinski definition) is 2. The van der Waals surface area contributed by atoms with E-state index in [9.17, 15) is 14.4 Å². The highest BCUT2D eigenvalue weighted by Crippen LogP contribution is 2.23. The van der Waals surface area contributed by atoms with Crippen molar-refractivity contribution in [2.24, 2.45) is 0 Å². The van der Waals surface area contributed by atoms with Crippen LogP contribution < -0.4 is 26.6 Å². The number of carbonyl (C=O) groups excluding carboxylic acids is 1. The molecule has 9 nitrogen and oxygen atoms in total. The van der Waals surface area contributed by atoms with E-state index in [0.29, 0.717) is 0 Å². The summed E-state index contributed by atoms with van der Waals surface area (Å²) in [6.45, 7) is 4.42. The Morgan fingerprint density at radius 2 is 1.71 bits per heavy atom. The quantitative estimate of drug-likeness (QED) is 0.473. The summed E-state index contributed by atoms with van der Waals surface area (Å²) in [7, 11) is 1.50. The van der Waals surface area contributed by atoms with Crippen LogP contribution in [-0.2, 0) is 16.1 Å². The molecule has 0 saturated carbocycles. The lowest BCUT2D eigenvalue weighted by molar-refractivity contribution is -0.119. The summed E-state index contributed by atoms with van der Waals surface area (Å²) >= 11 is 0. The number of amides is 1. The predicted octanol–water partition coefficient (Wildman–Crippen LogP) is 2.23. The Morgan fingerprint density at radius 3 is 2.35 bits per heavy atom. The third-order valence-electron chi connectivity index (χ3n) is 5.46. The minimum atomic E-state index is -0.730. The van der Waals surface area contributed by atoms with Gasteiger partial charge in [-0.2, -0.15) is 0 Å². The standard InChI is InChI=1S/C25H30N4O5/c1-17-8-7-9-18(2)22(17)34-14-12-20(30)28(13-15-33-3)21-23(26)29(25(32)27-24(21)31)16-19-10-5-4-6-11-19/h4-11H,12-16,26H2,1-3H3,(H,27,31,32). The van der Waals surface area contributed by atoms with E-state index in [2.05, 4.69) is 4.98 Å². The summed E-state index contributed by atoms with van der Waals surface area (Å²) in [5.41, 5.74) is 7.59. The molecule has 0 radical (unpaired) electrons. The number of nitrogen functional groups attached to an aromatic ring is 1. The van der Waals surface area contributed by atoms with Crippen LogP contribution in [0.3, 0.4) is 0 Å². The summed E-state index contributed by atoms with van der Waals surface area (Å²) in [5, 5.41) is 0. The van der Waals surface area contributed by atoms with Crippen molar-refractivity contribution >= 4 is 17.4 Å². The van der Waals surface area contributed by atoms with Crippen LogP contribution in [-0.4, -0.2) is 42.3 Å². The number of carbonyl (C=O) groups is 1. The third-order valence-corrected chi connectivity index (χ3v) is 5.46. The maximum Gasteiger partial charge on any atom is 0.330 e. The van der Waals surface area contributed by atoms with Crippen molar-refractivity contribution in [2.45, 2.75) is 26.8 Å². The lowest BCUT2D eigenvalue weighted by Crippen LogP contribution is -2.43. The van der Waals surface area contributed by atoms with Gasteiger partial charge in [-0.15, -0.1) is 0 Å². The fourth-order valence-corrected chi connectivity index (χ4v) is 3.71. The van der Waals surface area contributed by atoms with Crippen LogP contribution in [0.5, 0.6) is 5.75 Å². The third kappa shape index (κ3) is 5.74. The molecule has 0 aliphatic rings. The van der Waals surface area contributed by atoms with Gasteiger partial charge >= 0.3 is 5.69 Å². The van der Waals surface area contributed by atoms with Crippen molar-refractivity contribution in [3.05, 3.63) is 86.1 Å². The van der Waals surface area contributed by atoms with Gasteiger partial charge in [0.25, 0.3) is 5.56 Å². The number of anilines is 2. The van der Waals surface area contributed by atoms with Gasteiger partial charge in [0.1, 0.15) is 11.6 Å². The maximum absolute atomic E-state index is 13.2. The molecule has 0 aliphatic carbocycles. The number of aromatic amines is 1. The normalized spacial score (nSPS) is 10.8. The summed E-state index contributed by atoms with van der Waals surface area (Å²) < 4.78 is 12.2. The zero-order valence-electron chi connectivity index (χ0n) is 19.7.